The standard InChI is InChI=1S/C22H34N4O4/c1-17-15-26(16-19(17)21(27)28-3)22(23-2)24-14-18-6-4-5-7-20(18)30-13-10-25-8-11-29-12-9-25/h4-7,17,19H,8-16H2,1-3H3,(H,23,24). The van der Waals surface area contributed by atoms with Crippen LogP contribution in [0.25, 0.3) is 0 Å². The third-order valence-electron chi connectivity index (χ3n) is 5.81. The average molecular weight is 419 g/mol. The lowest BCUT2D eigenvalue weighted by molar-refractivity contribution is -0.145. The van der Waals surface area contributed by atoms with Gasteiger partial charge in [0, 0.05) is 51.9 Å². The van der Waals surface area contributed by atoms with Crippen LogP contribution < -0.4 is 10.1 Å². The van der Waals surface area contributed by atoms with Gasteiger partial charge < -0.3 is 24.4 Å². The lowest BCUT2D eigenvalue weighted by Crippen LogP contribution is -2.40. The number of nitrogens with one attached hydrogen (secondary N) is 1. The Labute approximate surface area is 179 Å². The van der Waals surface area contributed by atoms with Gasteiger partial charge in [-0.15, -0.1) is 0 Å². The van der Waals surface area contributed by atoms with E-state index in [0.29, 0.717) is 19.7 Å². The van der Waals surface area contributed by atoms with Crippen LogP contribution in [0.5, 0.6) is 5.75 Å². The number of rotatable bonds is 7. The molecule has 30 heavy (non-hydrogen) atoms. The van der Waals surface area contributed by atoms with Gasteiger partial charge in [0.1, 0.15) is 12.4 Å². The molecule has 2 aliphatic rings. The minimum Gasteiger partial charge on any atom is -0.492 e. The molecule has 0 aliphatic carbocycles. The van der Waals surface area contributed by atoms with E-state index in [2.05, 4.69) is 33.1 Å². The van der Waals surface area contributed by atoms with Crippen LogP contribution in [0.15, 0.2) is 29.3 Å². The topological polar surface area (TPSA) is 75.6 Å². The highest BCUT2D eigenvalue weighted by Crippen LogP contribution is 2.24. The molecule has 2 heterocycles. The van der Waals surface area contributed by atoms with Crippen LogP contribution in [0.2, 0.25) is 0 Å². The van der Waals surface area contributed by atoms with Crippen molar-refractivity contribution >= 4 is 11.9 Å². The Bertz CT molecular complexity index is 721. The van der Waals surface area contributed by atoms with E-state index in [1.54, 1.807) is 7.05 Å². The Morgan fingerprint density at radius 2 is 2.03 bits per heavy atom. The lowest BCUT2D eigenvalue weighted by Gasteiger charge is -2.26. The fourth-order valence-corrected chi connectivity index (χ4v) is 4.00. The molecule has 0 bridgehead atoms. The molecular weight excluding hydrogens is 384 g/mol. The first-order chi connectivity index (χ1) is 14.6. The van der Waals surface area contributed by atoms with Crippen LogP contribution in [0.3, 0.4) is 0 Å². The number of carbonyl (C=O) groups is 1. The van der Waals surface area contributed by atoms with Crippen molar-refractivity contribution in [1.29, 1.82) is 0 Å². The van der Waals surface area contributed by atoms with E-state index in [1.807, 2.05) is 18.2 Å². The van der Waals surface area contributed by atoms with Crippen molar-refractivity contribution in [3.63, 3.8) is 0 Å². The lowest BCUT2D eigenvalue weighted by atomic mass is 9.99. The van der Waals surface area contributed by atoms with E-state index in [4.69, 9.17) is 14.2 Å². The maximum Gasteiger partial charge on any atom is 0.310 e. The number of ether oxygens (including phenoxy) is 3. The van der Waals surface area contributed by atoms with Crippen molar-refractivity contribution in [1.82, 2.24) is 15.1 Å². The zero-order chi connectivity index (χ0) is 21.3. The summed E-state index contributed by atoms with van der Waals surface area (Å²) in [5.41, 5.74) is 1.08. The molecule has 2 aliphatic heterocycles. The molecule has 1 aromatic rings. The van der Waals surface area contributed by atoms with Gasteiger partial charge in [0.05, 0.1) is 26.2 Å². The molecule has 0 spiro atoms. The number of nitrogens with zero attached hydrogens (tertiary/aromatic N) is 3. The quantitative estimate of drug-likeness (QED) is 0.405. The monoisotopic (exact) mass is 418 g/mol. The summed E-state index contributed by atoms with van der Waals surface area (Å²) in [7, 11) is 3.21. The van der Waals surface area contributed by atoms with Crippen molar-refractivity contribution in [2.75, 3.05) is 66.7 Å². The van der Waals surface area contributed by atoms with E-state index in [1.165, 1.54) is 7.11 Å². The van der Waals surface area contributed by atoms with Crippen molar-refractivity contribution in [3.05, 3.63) is 29.8 Å². The number of guanidine groups is 1. The Hall–Kier alpha value is -2.32. The molecule has 1 N–H and O–H groups in total. The predicted molar refractivity (Wildman–Crippen MR) is 116 cm³/mol. The molecule has 8 nitrogen and oxygen atoms in total. The Morgan fingerprint density at radius 3 is 2.77 bits per heavy atom. The molecule has 2 fully saturated rings. The highest BCUT2D eigenvalue weighted by molar-refractivity contribution is 5.82. The van der Waals surface area contributed by atoms with Crippen LogP contribution in [0.1, 0.15) is 12.5 Å². The summed E-state index contributed by atoms with van der Waals surface area (Å²) in [6.07, 6.45) is 0. The van der Waals surface area contributed by atoms with Gasteiger partial charge in [0.25, 0.3) is 0 Å². The average Bonchev–Trinajstić information content (AvgIpc) is 3.16. The number of morpholine rings is 1. The summed E-state index contributed by atoms with van der Waals surface area (Å²) in [6, 6.07) is 8.07. The summed E-state index contributed by atoms with van der Waals surface area (Å²) in [6.45, 7) is 9.14. The molecule has 2 saturated heterocycles. The van der Waals surface area contributed by atoms with E-state index < -0.39 is 0 Å². The maximum atomic E-state index is 12.0. The Balaban J connectivity index is 1.52. The summed E-state index contributed by atoms with van der Waals surface area (Å²) < 4.78 is 16.4. The van der Waals surface area contributed by atoms with E-state index >= 15 is 0 Å². The summed E-state index contributed by atoms with van der Waals surface area (Å²) in [5, 5.41) is 3.42. The minimum absolute atomic E-state index is 0.121. The molecule has 2 unspecified atom stereocenters. The Morgan fingerprint density at radius 1 is 1.27 bits per heavy atom. The number of hydrogen-bond donors (Lipinski definition) is 1. The first kappa shape index (κ1) is 22.4. The van der Waals surface area contributed by atoms with Crippen molar-refractivity contribution < 1.29 is 19.0 Å². The molecule has 0 saturated carbocycles. The summed E-state index contributed by atoms with van der Waals surface area (Å²) in [4.78, 5) is 20.9. The zero-order valence-electron chi connectivity index (χ0n) is 18.3. The van der Waals surface area contributed by atoms with Crippen LogP contribution in [-0.4, -0.2) is 88.4 Å². The molecule has 0 radical (unpaired) electrons. The van der Waals surface area contributed by atoms with E-state index in [9.17, 15) is 4.79 Å². The van der Waals surface area contributed by atoms with Gasteiger partial charge in [-0.25, -0.2) is 0 Å². The minimum atomic E-state index is -0.153. The first-order valence-corrected chi connectivity index (χ1v) is 10.7. The van der Waals surface area contributed by atoms with Crippen molar-refractivity contribution in [2.45, 2.75) is 13.5 Å². The second-order valence-electron chi connectivity index (χ2n) is 7.82. The molecule has 0 aromatic heterocycles. The van der Waals surface area contributed by atoms with Crippen molar-refractivity contribution in [3.8, 4) is 5.75 Å². The molecular formula is C22H34N4O4. The number of hydrogen-bond acceptors (Lipinski definition) is 6. The SMILES string of the molecule is CN=C(NCc1ccccc1OCCN1CCOCC1)N1CC(C)C(C(=O)OC)C1. The van der Waals surface area contributed by atoms with Gasteiger partial charge in [0.15, 0.2) is 5.96 Å². The fraction of sp³-hybridized carbons (Fsp3) is 0.636. The summed E-state index contributed by atoms with van der Waals surface area (Å²) in [5.74, 6) is 1.63. The Kier molecular flexibility index (Phi) is 8.33. The second-order valence-corrected chi connectivity index (χ2v) is 7.82. The number of aliphatic imine (C=N–C) groups is 1. The fourth-order valence-electron chi connectivity index (χ4n) is 4.00. The number of carbonyl (C=O) groups excluding carboxylic acids is 1. The molecule has 1 aromatic carbocycles. The number of methoxy groups -OCH3 is 1. The van der Waals surface area contributed by atoms with Crippen LogP contribution in [0, 0.1) is 11.8 Å². The van der Waals surface area contributed by atoms with E-state index in [-0.39, 0.29) is 17.8 Å². The third-order valence-corrected chi connectivity index (χ3v) is 5.81. The smallest absolute Gasteiger partial charge is 0.310 e. The van der Waals surface area contributed by atoms with Gasteiger partial charge in [0.2, 0.25) is 0 Å². The van der Waals surface area contributed by atoms with Gasteiger partial charge >= 0.3 is 5.97 Å². The second kappa shape index (κ2) is 11.2. The van der Waals surface area contributed by atoms with Gasteiger partial charge in [-0.05, 0) is 12.0 Å². The molecule has 0 amide bonds. The van der Waals surface area contributed by atoms with Gasteiger partial charge in [-0.3, -0.25) is 14.7 Å². The number of para-hydroxylation sites is 1. The van der Waals surface area contributed by atoms with Crippen LogP contribution in [0.4, 0.5) is 0 Å². The first-order valence-electron chi connectivity index (χ1n) is 10.7. The van der Waals surface area contributed by atoms with E-state index in [0.717, 1.165) is 56.7 Å². The molecule has 3 rings (SSSR count). The van der Waals surface area contributed by atoms with Crippen LogP contribution in [-0.2, 0) is 20.8 Å². The summed E-state index contributed by atoms with van der Waals surface area (Å²) >= 11 is 0. The van der Waals surface area contributed by atoms with Crippen LogP contribution >= 0.6 is 0 Å². The highest BCUT2D eigenvalue weighted by Gasteiger charge is 2.36. The largest absolute Gasteiger partial charge is 0.492 e. The number of benzene rings is 1. The predicted octanol–water partition coefficient (Wildman–Crippen LogP) is 1.21. The van der Waals surface area contributed by atoms with Gasteiger partial charge in [-0.1, -0.05) is 25.1 Å². The van der Waals surface area contributed by atoms with Crippen molar-refractivity contribution in [2.24, 2.45) is 16.8 Å². The number of esters is 1. The third kappa shape index (κ3) is 5.86. The van der Waals surface area contributed by atoms with Gasteiger partial charge in [-0.2, -0.15) is 0 Å². The molecule has 2 atom stereocenters. The highest BCUT2D eigenvalue weighted by atomic mass is 16.5. The normalized spacial score (nSPS) is 22.8. The zero-order valence-corrected chi connectivity index (χ0v) is 18.3. The molecule has 8 heteroatoms. The number of likely N-dealkylation sites (tertiary alicyclic amines) is 1. The maximum absolute atomic E-state index is 12.0. The molecule has 166 valence electrons.